The van der Waals surface area contributed by atoms with Gasteiger partial charge in [-0.3, -0.25) is 5.43 Å². The van der Waals surface area contributed by atoms with Crippen molar-refractivity contribution in [3.63, 3.8) is 0 Å². The minimum atomic E-state index is 0.487. The van der Waals surface area contributed by atoms with Gasteiger partial charge in [0.25, 0.3) is 0 Å². The number of anilines is 2. The van der Waals surface area contributed by atoms with E-state index >= 15 is 0 Å². The Kier molecular flexibility index (Phi) is 4.31. The van der Waals surface area contributed by atoms with E-state index in [4.69, 9.17) is 10.5 Å². The van der Waals surface area contributed by atoms with E-state index in [1.807, 2.05) is 54.6 Å². The van der Waals surface area contributed by atoms with E-state index in [2.05, 4.69) is 15.5 Å². The van der Waals surface area contributed by atoms with Crippen LogP contribution in [0.4, 0.5) is 10.9 Å². The SMILES string of the molecule is Nc1csc(NN=Cc2cccc(Oc3ccccc3)c2)n1. The number of thiazole rings is 1. The van der Waals surface area contributed by atoms with Crippen molar-refractivity contribution in [2.75, 3.05) is 11.2 Å². The second kappa shape index (κ2) is 6.73. The highest BCUT2D eigenvalue weighted by molar-refractivity contribution is 7.14. The fourth-order valence-electron chi connectivity index (χ4n) is 1.78. The number of nitrogen functional groups attached to an aromatic ring is 1. The lowest BCUT2D eigenvalue weighted by Crippen LogP contribution is -1.91. The number of ether oxygens (including phenoxy) is 1. The van der Waals surface area contributed by atoms with E-state index in [9.17, 15) is 0 Å². The van der Waals surface area contributed by atoms with Gasteiger partial charge < -0.3 is 10.5 Å². The average molecular weight is 310 g/mol. The highest BCUT2D eigenvalue weighted by Gasteiger charge is 1.98. The number of aromatic nitrogens is 1. The molecule has 0 saturated carbocycles. The van der Waals surface area contributed by atoms with Crippen LogP contribution >= 0.6 is 11.3 Å². The molecule has 3 N–H and O–H groups in total. The van der Waals surface area contributed by atoms with E-state index in [1.54, 1.807) is 11.6 Å². The third-order valence-electron chi connectivity index (χ3n) is 2.73. The quantitative estimate of drug-likeness (QED) is 0.552. The molecule has 5 nitrogen and oxygen atoms in total. The highest BCUT2D eigenvalue weighted by Crippen LogP contribution is 2.21. The van der Waals surface area contributed by atoms with Gasteiger partial charge in [0.2, 0.25) is 5.13 Å². The number of para-hydroxylation sites is 1. The first kappa shape index (κ1) is 14.1. The van der Waals surface area contributed by atoms with Crippen molar-refractivity contribution in [3.05, 3.63) is 65.5 Å². The van der Waals surface area contributed by atoms with Crippen LogP contribution < -0.4 is 15.9 Å². The van der Waals surface area contributed by atoms with Crippen LogP contribution in [0.25, 0.3) is 0 Å². The van der Waals surface area contributed by atoms with Crippen LogP contribution in [0.5, 0.6) is 11.5 Å². The summed E-state index contributed by atoms with van der Waals surface area (Å²) in [7, 11) is 0. The minimum Gasteiger partial charge on any atom is -0.457 e. The summed E-state index contributed by atoms with van der Waals surface area (Å²) >= 11 is 1.40. The lowest BCUT2D eigenvalue weighted by atomic mass is 10.2. The first-order valence-electron chi connectivity index (χ1n) is 6.63. The molecule has 2 aromatic carbocycles. The standard InChI is InChI=1S/C16H14N4OS/c17-15-11-22-16(19-15)20-18-10-12-5-4-8-14(9-12)21-13-6-2-1-3-7-13/h1-11H,17H2,(H,19,20). The molecule has 0 amide bonds. The molecule has 1 aromatic heterocycles. The first-order chi connectivity index (χ1) is 10.8. The van der Waals surface area contributed by atoms with Gasteiger partial charge in [-0.05, 0) is 29.8 Å². The summed E-state index contributed by atoms with van der Waals surface area (Å²) in [6.07, 6.45) is 1.70. The number of nitrogens with one attached hydrogen (secondary N) is 1. The van der Waals surface area contributed by atoms with Gasteiger partial charge in [-0.2, -0.15) is 5.10 Å². The van der Waals surface area contributed by atoms with Crippen LogP contribution in [-0.2, 0) is 0 Å². The molecule has 0 unspecified atom stereocenters. The van der Waals surface area contributed by atoms with E-state index in [0.717, 1.165) is 17.1 Å². The molecule has 6 heteroatoms. The molecule has 3 aromatic rings. The van der Waals surface area contributed by atoms with Crippen LogP contribution in [0.2, 0.25) is 0 Å². The Bertz CT molecular complexity index is 771. The summed E-state index contributed by atoms with van der Waals surface area (Å²) in [6.45, 7) is 0. The number of hydrazone groups is 1. The summed E-state index contributed by atoms with van der Waals surface area (Å²) in [4.78, 5) is 4.06. The van der Waals surface area contributed by atoms with Crippen molar-refractivity contribution in [2.24, 2.45) is 5.10 Å². The third kappa shape index (κ3) is 3.83. The highest BCUT2D eigenvalue weighted by atomic mass is 32.1. The summed E-state index contributed by atoms with van der Waals surface area (Å²) in [5.74, 6) is 2.04. The number of nitrogens with zero attached hydrogens (tertiary/aromatic N) is 2. The van der Waals surface area contributed by atoms with Crippen molar-refractivity contribution >= 4 is 28.5 Å². The summed E-state index contributed by atoms with van der Waals surface area (Å²) in [6, 6.07) is 17.3. The Hall–Kier alpha value is -2.86. The van der Waals surface area contributed by atoms with E-state index in [1.165, 1.54) is 11.3 Å². The molecule has 0 fully saturated rings. The van der Waals surface area contributed by atoms with E-state index in [0.29, 0.717) is 10.9 Å². The van der Waals surface area contributed by atoms with Crippen molar-refractivity contribution < 1.29 is 4.74 Å². The molecule has 0 aliphatic heterocycles. The number of nitrogens with two attached hydrogens (primary N) is 1. The van der Waals surface area contributed by atoms with Crippen molar-refractivity contribution in [3.8, 4) is 11.5 Å². The topological polar surface area (TPSA) is 72.5 Å². The Morgan fingerprint density at radius 1 is 1.09 bits per heavy atom. The molecule has 0 radical (unpaired) electrons. The predicted molar refractivity (Wildman–Crippen MR) is 90.7 cm³/mol. The zero-order valence-electron chi connectivity index (χ0n) is 11.6. The molecule has 1 heterocycles. The molecule has 0 atom stereocenters. The zero-order chi connectivity index (χ0) is 15.2. The molecule has 0 aliphatic rings. The van der Waals surface area contributed by atoms with Gasteiger partial charge in [-0.25, -0.2) is 4.98 Å². The Labute approximate surface area is 132 Å². The maximum Gasteiger partial charge on any atom is 0.205 e. The molecule has 110 valence electrons. The number of hydrogen-bond acceptors (Lipinski definition) is 6. The largest absolute Gasteiger partial charge is 0.457 e. The molecular weight excluding hydrogens is 296 g/mol. The van der Waals surface area contributed by atoms with Crippen LogP contribution in [0.15, 0.2) is 65.1 Å². The van der Waals surface area contributed by atoms with Gasteiger partial charge in [0.05, 0.1) is 6.21 Å². The summed E-state index contributed by atoms with van der Waals surface area (Å²) in [5.41, 5.74) is 9.31. The second-order valence-corrected chi connectivity index (χ2v) is 5.29. The first-order valence-corrected chi connectivity index (χ1v) is 7.50. The molecule has 22 heavy (non-hydrogen) atoms. The molecule has 0 spiro atoms. The maximum absolute atomic E-state index is 5.78. The van der Waals surface area contributed by atoms with Crippen molar-refractivity contribution in [2.45, 2.75) is 0 Å². The lowest BCUT2D eigenvalue weighted by Gasteiger charge is -2.05. The van der Waals surface area contributed by atoms with Crippen molar-refractivity contribution in [1.29, 1.82) is 0 Å². The molecule has 0 saturated heterocycles. The fraction of sp³-hybridized carbons (Fsp3) is 0. The average Bonchev–Trinajstić information content (AvgIpc) is 2.94. The second-order valence-electron chi connectivity index (χ2n) is 4.44. The molecule has 0 aliphatic carbocycles. The van der Waals surface area contributed by atoms with Crippen LogP contribution in [-0.4, -0.2) is 11.2 Å². The maximum atomic E-state index is 5.78. The van der Waals surface area contributed by atoms with Gasteiger partial charge in [-0.1, -0.05) is 30.3 Å². The van der Waals surface area contributed by atoms with E-state index in [-0.39, 0.29) is 0 Å². The van der Waals surface area contributed by atoms with Crippen molar-refractivity contribution in [1.82, 2.24) is 4.98 Å². The number of benzene rings is 2. The normalized spacial score (nSPS) is 10.7. The predicted octanol–water partition coefficient (Wildman–Crippen LogP) is 3.96. The van der Waals surface area contributed by atoms with Gasteiger partial charge in [0.15, 0.2) is 0 Å². The zero-order valence-corrected chi connectivity index (χ0v) is 12.5. The lowest BCUT2D eigenvalue weighted by molar-refractivity contribution is 0.482. The molecule has 3 rings (SSSR count). The third-order valence-corrected chi connectivity index (χ3v) is 3.50. The smallest absolute Gasteiger partial charge is 0.205 e. The minimum absolute atomic E-state index is 0.487. The fourth-order valence-corrected chi connectivity index (χ4v) is 2.33. The molecular formula is C16H14N4OS. The van der Waals surface area contributed by atoms with Gasteiger partial charge >= 0.3 is 0 Å². The number of hydrogen-bond donors (Lipinski definition) is 2. The van der Waals surface area contributed by atoms with Gasteiger partial charge in [-0.15, -0.1) is 11.3 Å². The van der Waals surface area contributed by atoms with Crippen LogP contribution in [0.3, 0.4) is 0 Å². The van der Waals surface area contributed by atoms with Crippen LogP contribution in [0.1, 0.15) is 5.56 Å². The summed E-state index contributed by atoms with van der Waals surface area (Å²) in [5, 5.41) is 6.55. The van der Waals surface area contributed by atoms with Gasteiger partial charge in [0.1, 0.15) is 17.3 Å². The Morgan fingerprint density at radius 2 is 1.91 bits per heavy atom. The number of rotatable bonds is 5. The van der Waals surface area contributed by atoms with E-state index < -0.39 is 0 Å². The summed E-state index contributed by atoms with van der Waals surface area (Å²) < 4.78 is 5.78. The molecule has 0 bridgehead atoms. The Morgan fingerprint density at radius 3 is 2.68 bits per heavy atom. The van der Waals surface area contributed by atoms with Gasteiger partial charge in [0, 0.05) is 5.38 Å². The Balaban J connectivity index is 1.66. The van der Waals surface area contributed by atoms with Crippen LogP contribution in [0, 0.1) is 0 Å². The monoisotopic (exact) mass is 310 g/mol.